The molecule has 2 heterocycles. The van der Waals surface area contributed by atoms with Crippen molar-refractivity contribution in [1.29, 1.82) is 0 Å². The van der Waals surface area contributed by atoms with E-state index in [2.05, 4.69) is 9.97 Å². The van der Waals surface area contributed by atoms with Gasteiger partial charge in [0.15, 0.2) is 10.9 Å². The lowest BCUT2D eigenvalue weighted by Gasteiger charge is -2.10. The predicted octanol–water partition coefficient (Wildman–Crippen LogP) is 7.28. The summed E-state index contributed by atoms with van der Waals surface area (Å²) >= 11 is 0. The molecule has 42 heavy (non-hydrogen) atoms. The molecule has 8 nitrogen and oxygen atoms in total. The van der Waals surface area contributed by atoms with Gasteiger partial charge >= 0.3 is 0 Å². The summed E-state index contributed by atoms with van der Waals surface area (Å²) in [7, 11) is 3.21. The SMILES string of the molecule is COc1ccc(Oc2ccc3[nH]c4cc5c(=O)c6cc(Oc7ccc(OC)cc7)ccc6[nH]c5cc4c(=O)c3c2)cc1. The first-order chi connectivity index (χ1) is 20.5. The average molecular weight is 557 g/mol. The first-order valence-corrected chi connectivity index (χ1v) is 13.2. The van der Waals surface area contributed by atoms with Crippen LogP contribution in [0.1, 0.15) is 0 Å². The number of benzene rings is 5. The Morgan fingerprint density at radius 2 is 0.738 bits per heavy atom. The summed E-state index contributed by atoms with van der Waals surface area (Å²) in [5, 5.41) is 1.89. The lowest BCUT2D eigenvalue weighted by atomic mass is 10.0. The van der Waals surface area contributed by atoms with Gasteiger partial charge < -0.3 is 28.9 Å². The van der Waals surface area contributed by atoms with E-state index in [1.807, 2.05) is 0 Å². The number of aromatic amines is 2. The van der Waals surface area contributed by atoms with Gasteiger partial charge in [-0.15, -0.1) is 0 Å². The summed E-state index contributed by atoms with van der Waals surface area (Å²) in [5.74, 6) is 3.77. The van der Waals surface area contributed by atoms with Gasteiger partial charge in [-0.25, -0.2) is 0 Å². The molecule has 0 spiro atoms. The van der Waals surface area contributed by atoms with Crippen LogP contribution < -0.4 is 29.8 Å². The number of methoxy groups -OCH3 is 2. The second kappa shape index (κ2) is 10.0. The van der Waals surface area contributed by atoms with E-state index in [0.29, 0.717) is 66.6 Å². The van der Waals surface area contributed by atoms with Gasteiger partial charge in [0.1, 0.15) is 34.5 Å². The van der Waals surface area contributed by atoms with Crippen molar-refractivity contribution in [3.05, 3.63) is 118 Å². The number of H-pyrrole nitrogens is 2. The van der Waals surface area contributed by atoms with E-state index >= 15 is 0 Å². The van der Waals surface area contributed by atoms with E-state index in [1.54, 1.807) is 111 Å². The normalized spacial score (nSPS) is 11.3. The Morgan fingerprint density at radius 1 is 0.405 bits per heavy atom. The Balaban J connectivity index is 1.29. The summed E-state index contributed by atoms with van der Waals surface area (Å²) in [6.45, 7) is 0. The predicted molar refractivity (Wildman–Crippen MR) is 164 cm³/mol. The van der Waals surface area contributed by atoms with Gasteiger partial charge in [0, 0.05) is 21.5 Å². The van der Waals surface area contributed by atoms with Crippen molar-refractivity contribution < 1.29 is 18.9 Å². The fourth-order valence-electron chi connectivity index (χ4n) is 5.09. The van der Waals surface area contributed by atoms with Crippen LogP contribution in [-0.4, -0.2) is 24.2 Å². The third kappa shape index (κ3) is 4.45. The number of aromatic nitrogens is 2. The zero-order chi connectivity index (χ0) is 28.8. The molecule has 0 unspecified atom stereocenters. The molecular weight excluding hydrogens is 532 g/mol. The maximum absolute atomic E-state index is 13.6. The molecule has 0 radical (unpaired) electrons. The highest BCUT2D eigenvalue weighted by Crippen LogP contribution is 2.29. The summed E-state index contributed by atoms with van der Waals surface area (Å²) in [6, 6.07) is 28.5. The molecule has 0 saturated carbocycles. The van der Waals surface area contributed by atoms with Crippen molar-refractivity contribution in [2.75, 3.05) is 14.2 Å². The highest BCUT2D eigenvalue weighted by Gasteiger charge is 2.13. The highest BCUT2D eigenvalue weighted by molar-refractivity contribution is 6.03. The van der Waals surface area contributed by atoms with Crippen molar-refractivity contribution in [2.24, 2.45) is 0 Å². The maximum atomic E-state index is 13.6. The molecule has 0 atom stereocenters. The van der Waals surface area contributed by atoms with Crippen LogP contribution in [-0.2, 0) is 0 Å². The number of hydrogen-bond acceptors (Lipinski definition) is 6. The average Bonchev–Trinajstić information content (AvgIpc) is 3.02. The van der Waals surface area contributed by atoms with Gasteiger partial charge in [-0.2, -0.15) is 0 Å². The Hall–Kier alpha value is -5.76. The first-order valence-electron chi connectivity index (χ1n) is 13.2. The molecule has 7 rings (SSSR count). The molecule has 206 valence electrons. The quantitative estimate of drug-likeness (QED) is 0.209. The zero-order valence-corrected chi connectivity index (χ0v) is 22.7. The molecular formula is C34H24N2O6. The van der Waals surface area contributed by atoms with Gasteiger partial charge in [-0.3, -0.25) is 9.59 Å². The van der Waals surface area contributed by atoms with Crippen LogP contribution in [0.4, 0.5) is 0 Å². The third-order valence-electron chi connectivity index (χ3n) is 7.25. The zero-order valence-electron chi connectivity index (χ0n) is 22.7. The van der Waals surface area contributed by atoms with E-state index in [-0.39, 0.29) is 10.9 Å². The number of nitrogens with one attached hydrogen (secondary N) is 2. The maximum Gasteiger partial charge on any atom is 0.197 e. The fraction of sp³-hybridized carbons (Fsp3) is 0.0588. The number of pyridine rings is 2. The van der Waals surface area contributed by atoms with E-state index in [4.69, 9.17) is 18.9 Å². The van der Waals surface area contributed by atoms with E-state index in [0.717, 1.165) is 11.5 Å². The van der Waals surface area contributed by atoms with Crippen molar-refractivity contribution in [3.8, 4) is 34.5 Å². The standard InChI is InChI=1S/C34H24N2O6/c1-39-19-3-7-21(8-4-19)41-23-11-13-29-25(15-23)33(37)27-17-32-28(18-31(27)35-29)34(38)26-16-24(12-14-30(26)36-32)42-22-9-5-20(40-2)6-10-22/h3-18H,1-2H3,(H,35,37)(H,36,38). The second-order valence-corrected chi connectivity index (χ2v) is 9.82. The van der Waals surface area contributed by atoms with Crippen LogP contribution >= 0.6 is 0 Å². The van der Waals surface area contributed by atoms with Crippen LogP contribution in [0.2, 0.25) is 0 Å². The Morgan fingerprint density at radius 3 is 1.12 bits per heavy atom. The monoisotopic (exact) mass is 556 g/mol. The molecule has 0 aliphatic carbocycles. The molecule has 2 N–H and O–H groups in total. The molecule has 5 aromatic carbocycles. The van der Waals surface area contributed by atoms with E-state index < -0.39 is 0 Å². The van der Waals surface area contributed by atoms with Gasteiger partial charge in [-0.05, 0) is 97.1 Å². The molecule has 0 fully saturated rings. The topological polar surface area (TPSA) is 103 Å². The fourth-order valence-corrected chi connectivity index (χ4v) is 5.09. The Bertz CT molecular complexity index is 2090. The van der Waals surface area contributed by atoms with Crippen molar-refractivity contribution in [2.45, 2.75) is 0 Å². The smallest absolute Gasteiger partial charge is 0.197 e. The van der Waals surface area contributed by atoms with Crippen LogP contribution in [0.25, 0.3) is 43.6 Å². The molecule has 0 amide bonds. The van der Waals surface area contributed by atoms with Crippen LogP contribution in [0.15, 0.2) is 107 Å². The highest BCUT2D eigenvalue weighted by atomic mass is 16.5. The number of rotatable bonds is 6. The lowest BCUT2D eigenvalue weighted by molar-refractivity contribution is 0.413. The van der Waals surface area contributed by atoms with Crippen molar-refractivity contribution >= 4 is 43.6 Å². The molecule has 0 aliphatic heterocycles. The Kier molecular flexibility index (Phi) is 6.01. The van der Waals surface area contributed by atoms with Crippen molar-refractivity contribution in [3.63, 3.8) is 0 Å². The van der Waals surface area contributed by atoms with Gasteiger partial charge in [-0.1, -0.05) is 0 Å². The van der Waals surface area contributed by atoms with Gasteiger partial charge in [0.2, 0.25) is 0 Å². The van der Waals surface area contributed by atoms with Crippen LogP contribution in [0.5, 0.6) is 34.5 Å². The molecule has 2 aromatic heterocycles. The van der Waals surface area contributed by atoms with E-state index in [9.17, 15) is 9.59 Å². The van der Waals surface area contributed by atoms with Crippen molar-refractivity contribution in [1.82, 2.24) is 9.97 Å². The van der Waals surface area contributed by atoms with E-state index in [1.165, 1.54) is 0 Å². The minimum Gasteiger partial charge on any atom is -0.497 e. The third-order valence-corrected chi connectivity index (χ3v) is 7.25. The minimum atomic E-state index is -0.162. The lowest BCUT2D eigenvalue weighted by Crippen LogP contribution is -2.08. The summed E-state index contributed by atoms with van der Waals surface area (Å²) in [5.41, 5.74) is 2.09. The van der Waals surface area contributed by atoms with Gasteiger partial charge in [0.05, 0.1) is 36.3 Å². The van der Waals surface area contributed by atoms with Gasteiger partial charge in [0.25, 0.3) is 0 Å². The molecule has 8 heteroatoms. The number of ether oxygens (including phenoxy) is 4. The summed E-state index contributed by atoms with van der Waals surface area (Å²) in [4.78, 5) is 33.9. The minimum absolute atomic E-state index is 0.162. The van der Waals surface area contributed by atoms with Crippen LogP contribution in [0.3, 0.4) is 0 Å². The summed E-state index contributed by atoms with van der Waals surface area (Å²) in [6.07, 6.45) is 0. The molecule has 0 aliphatic rings. The molecule has 0 bridgehead atoms. The van der Waals surface area contributed by atoms with Crippen LogP contribution in [0, 0.1) is 0 Å². The second-order valence-electron chi connectivity index (χ2n) is 9.82. The number of fused-ring (bicyclic) bond motifs is 4. The first kappa shape index (κ1) is 25.2. The molecule has 7 aromatic rings. The number of hydrogen-bond donors (Lipinski definition) is 2. The molecule has 0 saturated heterocycles. The largest absolute Gasteiger partial charge is 0.497 e. The summed E-state index contributed by atoms with van der Waals surface area (Å²) < 4.78 is 22.3. The Labute approximate surface area is 238 Å².